The second kappa shape index (κ2) is 7.12. The Morgan fingerprint density at radius 2 is 1.80 bits per heavy atom. The molecule has 0 heterocycles. The van der Waals surface area contributed by atoms with Gasteiger partial charge in [0.1, 0.15) is 5.75 Å². The molecule has 0 atom stereocenters. The summed E-state index contributed by atoms with van der Waals surface area (Å²) in [5.41, 5.74) is 1.91. The molecule has 1 aliphatic carbocycles. The fraction of sp³-hybridized carbons (Fsp3) is 0.667. The molecule has 0 amide bonds. The first kappa shape index (κ1) is 15.4. The number of nitrogens with one attached hydrogen (secondary N) is 1. The molecule has 2 nitrogen and oxygen atoms in total. The molecule has 1 fully saturated rings. The molecule has 2 heteroatoms. The van der Waals surface area contributed by atoms with Crippen LogP contribution in [0.2, 0.25) is 0 Å². The smallest absolute Gasteiger partial charge is 0.119 e. The summed E-state index contributed by atoms with van der Waals surface area (Å²) < 4.78 is 5.67. The summed E-state index contributed by atoms with van der Waals surface area (Å²) in [6.45, 7) is 8.57. The Morgan fingerprint density at radius 1 is 1.15 bits per heavy atom. The minimum atomic E-state index is 0.241. The van der Waals surface area contributed by atoms with E-state index in [1.807, 2.05) is 0 Å². The van der Waals surface area contributed by atoms with Crippen molar-refractivity contribution in [2.24, 2.45) is 5.41 Å². The van der Waals surface area contributed by atoms with E-state index in [-0.39, 0.29) is 6.10 Å². The van der Waals surface area contributed by atoms with Gasteiger partial charge in [-0.25, -0.2) is 0 Å². The SMILES string of the molecule is CCC1(CNCc2ccc(OC(C)C)cc2)CCCC1. The Labute approximate surface area is 123 Å². The molecule has 1 aliphatic rings. The van der Waals surface area contributed by atoms with Gasteiger partial charge in [0.25, 0.3) is 0 Å². The Bertz CT molecular complexity index is 390. The lowest BCUT2D eigenvalue weighted by Crippen LogP contribution is -2.31. The molecule has 0 bridgehead atoms. The number of benzene rings is 1. The van der Waals surface area contributed by atoms with E-state index < -0.39 is 0 Å². The average Bonchev–Trinajstić information content (AvgIpc) is 2.90. The van der Waals surface area contributed by atoms with Crippen molar-refractivity contribution in [3.05, 3.63) is 29.8 Å². The first-order chi connectivity index (χ1) is 9.63. The average molecular weight is 275 g/mol. The first-order valence-electron chi connectivity index (χ1n) is 8.10. The van der Waals surface area contributed by atoms with Crippen molar-refractivity contribution in [3.8, 4) is 5.75 Å². The van der Waals surface area contributed by atoms with Gasteiger partial charge in [-0.3, -0.25) is 0 Å². The molecule has 0 aliphatic heterocycles. The van der Waals surface area contributed by atoms with Crippen LogP contribution in [0.15, 0.2) is 24.3 Å². The van der Waals surface area contributed by atoms with Crippen molar-refractivity contribution in [1.82, 2.24) is 5.32 Å². The molecule has 20 heavy (non-hydrogen) atoms. The lowest BCUT2D eigenvalue weighted by molar-refractivity contribution is 0.242. The number of ether oxygens (including phenoxy) is 1. The summed E-state index contributed by atoms with van der Waals surface area (Å²) in [6.07, 6.45) is 7.18. The highest BCUT2D eigenvalue weighted by atomic mass is 16.5. The second-order valence-electron chi connectivity index (χ2n) is 6.47. The second-order valence-corrected chi connectivity index (χ2v) is 6.47. The normalized spacial score (nSPS) is 17.6. The zero-order valence-corrected chi connectivity index (χ0v) is 13.2. The van der Waals surface area contributed by atoms with E-state index in [4.69, 9.17) is 4.74 Å². The molecule has 1 aromatic carbocycles. The lowest BCUT2D eigenvalue weighted by Gasteiger charge is -2.27. The van der Waals surface area contributed by atoms with Gasteiger partial charge in [0, 0.05) is 13.1 Å². The van der Waals surface area contributed by atoms with Crippen LogP contribution in [0, 0.1) is 5.41 Å². The van der Waals surface area contributed by atoms with E-state index in [0.29, 0.717) is 5.41 Å². The Hall–Kier alpha value is -1.02. The van der Waals surface area contributed by atoms with Crippen molar-refractivity contribution in [2.75, 3.05) is 6.54 Å². The van der Waals surface area contributed by atoms with Crippen LogP contribution in [0.5, 0.6) is 5.75 Å². The largest absolute Gasteiger partial charge is 0.491 e. The summed E-state index contributed by atoms with van der Waals surface area (Å²) >= 11 is 0. The first-order valence-corrected chi connectivity index (χ1v) is 8.10. The molecular formula is C18H29NO. The fourth-order valence-corrected chi connectivity index (χ4v) is 3.21. The molecule has 1 saturated carbocycles. The quantitative estimate of drug-likeness (QED) is 0.789. The minimum Gasteiger partial charge on any atom is -0.491 e. The number of hydrogen-bond acceptors (Lipinski definition) is 2. The molecule has 1 aromatic rings. The van der Waals surface area contributed by atoms with Crippen molar-refractivity contribution in [1.29, 1.82) is 0 Å². The third-order valence-corrected chi connectivity index (χ3v) is 4.54. The maximum absolute atomic E-state index is 5.67. The topological polar surface area (TPSA) is 21.3 Å². The summed E-state index contributed by atoms with van der Waals surface area (Å²) in [7, 11) is 0. The monoisotopic (exact) mass is 275 g/mol. The van der Waals surface area contributed by atoms with Crippen LogP contribution in [0.25, 0.3) is 0 Å². The van der Waals surface area contributed by atoms with Gasteiger partial charge in [-0.1, -0.05) is 31.9 Å². The third kappa shape index (κ3) is 4.24. The summed E-state index contributed by atoms with van der Waals surface area (Å²) in [5, 5.41) is 3.65. The van der Waals surface area contributed by atoms with Crippen molar-refractivity contribution < 1.29 is 4.74 Å². The lowest BCUT2D eigenvalue weighted by atomic mass is 9.83. The Morgan fingerprint density at radius 3 is 2.35 bits per heavy atom. The zero-order chi connectivity index (χ0) is 14.4. The van der Waals surface area contributed by atoms with Crippen LogP contribution >= 0.6 is 0 Å². The third-order valence-electron chi connectivity index (χ3n) is 4.54. The van der Waals surface area contributed by atoms with E-state index in [9.17, 15) is 0 Å². The van der Waals surface area contributed by atoms with Crippen LogP contribution in [-0.4, -0.2) is 12.6 Å². The number of rotatable bonds is 7. The molecular weight excluding hydrogens is 246 g/mol. The molecule has 0 saturated heterocycles. The number of hydrogen-bond donors (Lipinski definition) is 1. The predicted molar refractivity (Wildman–Crippen MR) is 85.1 cm³/mol. The maximum atomic E-state index is 5.67. The van der Waals surface area contributed by atoms with E-state index in [0.717, 1.165) is 18.8 Å². The highest BCUT2D eigenvalue weighted by Crippen LogP contribution is 2.40. The maximum Gasteiger partial charge on any atom is 0.119 e. The van der Waals surface area contributed by atoms with Gasteiger partial charge in [-0.2, -0.15) is 0 Å². The summed E-state index contributed by atoms with van der Waals surface area (Å²) in [6, 6.07) is 8.47. The van der Waals surface area contributed by atoms with Gasteiger partial charge >= 0.3 is 0 Å². The molecule has 0 spiro atoms. The summed E-state index contributed by atoms with van der Waals surface area (Å²) in [4.78, 5) is 0. The molecule has 112 valence electrons. The fourth-order valence-electron chi connectivity index (χ4n) is 3.21. The zero-order valence-electron chi connectivity index (χ0n) is 13.2. The van der Waals surface area contributed by atoms with E-state index in [1.165, 1.54) is 37.7 Å². The molecule has 0 aromatic heterocycles. The molecule has 0 radical (unpaired) electrons. The van der Waals surface area contributed by atoms with Gasteiger partial charge in [0.05, 0.1) is 6.10 Å². The van der Waals surface area contributed by atoms with Crippen molar-refractivity contribution in [2.45, 2.75) is 65.5 Å². The predicted octanol–water partition coefficient (Wildman–Crippen LogP) is 4.53. The Balaban J connectivity index is 1.79. The van der Waals surface area contributed by atoms with Gasteiger partial charge < -0.3 is 10.1 Å². The molecule has 0 unspecified atom stereocenters. The van der Waals surface area contributed by atoms with Crippen LogP contribution < -0.4 is 10.1 Å². The van der Waals surface area contributed by atoms with Crippen molar-refractivity contribution in [3.63, 3.8) is 0 Å². The van der Waals surface area contributed by atoms with Crippen LogP contribution in [0.4, 0.5) is 0 Å². The highest BCUT2D eigenvalue weighted by molar-refractivity contribution is 5.27. The van der Waals surface area contributed by atoms with Crippen LogP contribution in [-0.2, 0) is 6.54 Å². The van der Waals surface area contributed by atoms with Crippen LogP contribution in [0.1, 0.15) is 58.4 Å². The highest BCUT2D eigenvalue weighted by Gasteiger charge is 2.31. The molecule has 2 rings (SSSR count). The minimum absolute atomic E-state index is 0.241. The van der Waals surface area contributed by atoms with E-state index >= 15 is 0 Å². The summed E-state index contributed by atoms with van der Waals surface area (Å²) in [5.74, 6) is 0.963. The van der Waals surface area contributed by atoms with Gasteiger partial charge in [-0.05, 0) is 56.2 Å². The standard InChI is InChI=1S/C18H29NO/c1-4-18(11-5-6-12-18)14-19-13-16-7-9-17(10-8-16)20-15(2)3/h7-10,15,19H,4-6,11-14H2,1-3H3. The molecule has 1 N–H and O–H groups in total. The van der Waals surface area contributed by atoms with Gasteiger partial charge in [0.15, 0.2) is 0 Å². The Kier molecular flexibility index (Phi) is 5.47. The van der Waals surface area contributed by atoms with Crippen LogP contribution in [0.3, 0.4) is 0 Å². The van der Waals surface area contributed by atoms with Gasteiger partial charge in [-0.15, -0.1) is 0 Å². The van der Waals surface area contributed by atoms with E-state index in [2.05, 4.69) is 50.4 Å². The van der Waals surface area contributed by atoms with Gasteiger partial charge in [0.2, 0.25) is 0 Å². The van der Waals surface area contributed by atoms with Crippen molar-refractivity contribution >= 4 is 0 Å². The van der Waals surface area contributed by atoms with E-state index in [1.54, 1.807) is 0 Å².